The van der Waals surface area contributed by atoms with Gasteiger partial charge in [-0.3, -0.25) is 9.59 Å². The van der Waals surface area contributed by atoms with Crippen LogP contribution in [0.5, 0.6) is 0 Å². The van der Waals surface area contributed by atoms with Crippen molar-refractivity contribution in [3.05, 3.63) is 24.2 Å². The molecule has 1 heterocycles. The molecular weight excluding hydrogens is 284 g/mol. The normalized spacial score (nSPS) is 12.0. The third kappa shape index (κ3) is 6.30. The zero-order valence-electron chi connectivity index (χ0n) is 13.6. The molecule has 0 aliphatic carbocycles. The molecule has 0 unspecified atom stereocenters. The molecule has 1 N–H and O–H groups in total. The monoisotopic (exact) mass is 310 g/mol. The maximum atomic E-state index is 12.4. The number of hydrogen-bond donors (Lipinski definition) is 1. The summed E-state index contributed by atoms with van der Waals surface area (Å²) in [5.41, 5.74) is 0.500. The summed E-state index contributed by atoms with van der Waals surface area (Å²) in [6.45, 7) is 5.49. The molecule has 1 aromatic rings. The summed E-state index contributed by atoms with van der Waals surface area (Å²) < 4.78 is 9.97. The number of rotatable bonds is 10. The summed E-state index contributed by atoms with van der Waals surface area (Å²) in [5.74, 6) is -0.160. The third-order valence-corrected chi connectivity index (χ3v) is 3.46. The van der Waals surface area contributed by atoms with E-state index in [0.29, 0.717) is 31.7 Å². The van der Waals surface area contributed by atoms with Crippen LogP contribution >= 0.6 is 0 Å². The smallest absolute Gasteiger partial charge is 0.257 e. The van der Waals surface area contributed by atoms with Gasteiger partial charge in [0.25, 0.3) is 5.91 Å². The molecule has 0 bridgehead atoms. The average Bonchev–Trinajstić information content (AvgIpc) is 3.04. The molecule has 0 radical (unpaired) electrons. The van der Waals surface area contributed by atoms with Crippen LogP contribution in [0, 0.1) is 0 Å². The Kier molecular flexibility index (Phi) is 8.28. The first-order valence-corrected chi connectivity index (χ1v) is 7.68. The summed E-state index contributed by atoms with van der Waals surface area (Å²) in [5, 5.41) is 2.91. The highest BCUT2D eigenvalue weighted by Crippen LogP contribution is 2.07. The fourth-order valence-corrected chi connectivity index (χ4v) is 1.97. The Morgan fingerprint density at radius 2 is 2.18 bits per heavy atom. The van der Waals surface area contributed by atoms with Crippen LogP contribution < -0.4 is 5.32 Å². The van der Waals surface area contributed by atoms with Crippen molar-refractivity contribution in [2.45, 2.75) is 39.2 Å². The minimum absolute atomic E-state index is 0.0360. The molecule has 0 aromatic carbocycles. The van der Waals surface area contributed by atoms with Gasteiger partial charge in [-0.15, -0.1) is 0 Å². The van der Waals surface area contributed by atoms with Gasteiger partial charge in [-0.25, -0.2) is 0 Å². The minimum Gasteiger partial charge on any atom is -0.472 e. The lowest BCUT2D eigenvalue weighted by atomic mass is 10.2. The van der Waals surface area contributed by atoms with Crippen molar-refractivity contribution in [3.8, 4) is 0 Å². The number of nitrogens with one attached hydrogen (secondary N) is 1. The predicted molar refractivity (Wildman–Crippen MR) is 83.6 cm³/mol. The topological polar surface area (TPSA) is 71.8 Å². The zero-order valence-corrected chi connectivity index (χ0v) is 13.6. The molecular formula is C16H26N2O4. The first kappa shape index (κ1) is 18.2. The van der Waals surface area contributed by atoms with Gasteiger partial charge in [0.1, 0.15) is 6.26 Å². The summed E-state index contributed by atoms with van der Waals surface area (Å²) >= 11 is 0. The van der Waals surface area contributed by atoms with Gasteiger partial charge in [0, 0.05) is 39.3 Å². The van der Waals surface area contributed by atoms with Crippen LogP contribution in [-0.2, 0) is 9.53 Å². The second-order valence-corrected chi connectivity index (χ2v) is 5.28. The Morgan fingerprint density at radius 1 is 1.41 bits per heavy atom. The van der Waals surface area contributed by atoms with Gasteiger partial charge in [-0.05, 0) is 25.8 Å². The molecule has 6 nitrogen and oxygen atoms in total. The highest BCUT2D eigenvalue weighted by Gasteiger charge is 2.18. The number of nitrogens with zero attached hydrogens (tertiary/aromatic N) is 1. The van der Waals surface area contributed by atoms with Crippen LogP contribution in [0.1, 0.15) is 43.5 Å². The Labute approximate surface area is 131 Å². The molecule has 22 heavy (non-hydrogen) atoms. The molecule has 0 aliphatic heterocycles. The number of hydrogen-bond acceptors (Lipinski definition) is 4. The van der Waals surface area contributed by atoms with E-state index in [1.165, 1.54) is 12.5 Å². The van der Waals surface area contributed by atoms with E-state index in [0.717, 1.165) is 12.8 Å². The number of carbonyl (C=O) groups excluding carboxylic acids is 2. The SMILES string of the molecule is CC[C@H](C)NC(=O)CCN(CCCOC)C(=O)c1ccoc1. The Balaban J connectivity index is 2.54. The molecule has 0 spiro atoms. The quantitative estimate of drug-likeness (QED) is 0.672. The van der Waals surface area contributed by atoms with Gasteiger partial charge < -0.3 is 19.4 Å². The molecule has 2 amide bonds. The average molecular weight is 310 g/mol. The maximum Gasteiger partial charge on any atom is 0.257 e. The van der Waals surface area contributed by atoms with E-state index >= 15 is 0 Å². The molecule has 1 atom stereocenters. The number of methoxy groups -OCH3 is 1. The number of carbonyl (C=O) groups is 2. The molecule has 124 valence electrons. The van der Waals surface area contributed by atoms with Crippen molar-refractivity contribution in [2.75, 3.05) is 26.8 Å². The lowest BCUT2D eigenvalue weighted by Crippen LogP contribution is -2.38. The lowest BCUT2D eigenvalue weighted by Gasteiger charge is -2.22. The molecule has 0 saturated heterocycles. The van der Waals surface area contributed by atoms with Crippen LogP contribution in [0.4, 0.5) is 0 Å². The second kappa shape index (κ2) is 10.00. The zero-order chi connectivity index (χ0) is 16.4. The minimum atomic E-state index is -0.124. The molecule has 0 fully saturated rings. The van der Waals surface area contributed by atoms with Gasteiger partial charge in [0.2, 0.25) is 5.91 Å². The van der Waals surface area contributed by atoms with Gasteiger partial charge in [-0.1, -0.05) is 6.92 Å². The van der Waals surface area contributed by atoms with Crippen LogP contribution in [-0.4, -0.2) is 49.6 Å². The maximum absolute atomic E-state index is 12.4. The number of furan rings is 1. The lowest BCUT2D eigenvalue weighted by molar-refractivity contribution is -0.121. The Bertz CT molecular complexity index is 445. The molecule has 1 rings (SSSR count). The number of ether oxygens (including phenoxy) is 1. The Hall–Kier alpha value is -1.82. The van der Waals surface area contributed by atoms with Crippen LogP contribution in [0.15, 0.2) is 23.0 Å². The highest BCUT2D eigenvalue weighted by atomic mass is 16.5. The summed E-state index contributed by atoms with van der Waals surface area (Å²) in [6.07, 6.45) is 4.80. The van der Waals surface area contributed by atoms with E-state index < -0.39 is 0 Å². The fraction of sp³-hybridized carbons (Fsp3) is 0.625. The highest BCUT2D eigenvalue weighted by molar-refractivity contribution is 5.94. The van der Waals surface area contributed by atoms with E-state index in [-0.39, 0.29) is 17.9 Å². The Morgan fingerprint density at radius 3 is 2.77 bits per heavy atom. The first-order valence-electron chi connectivity index (χ1n) is 7.68. The van der Waals surface area contributed by atoms with Gasteiger partial charge in [-0.2, -0.15) is 0 Å². The first-order chi connectivity index (χ1) is 10.6. The molecule has 6 heteroatoms. The third-order valence-electron chi connectivity index (χ3n) is 3.46. The van der Waals surface area contributed by atoms with E-state index in [9.17, 15) is 9.59 Å². The van der Waals surface area contributed by atoms with E-state index in [4.69, 9.17) is 9.15 Å². The molecule has 0 aliphatic rings. The largest absolute Gasteiger partial charge is 0.472 e. The standard InChI is InChI=1S/C16H26N2O4/c1-4-13(2)17-15(19)6-9-18(8-5-10-21-3)16(20)14-7-11-22-12-14/h7,11-13H,4-6,8-10H2,1-3H3,(H,17,19)/t13-/m0/s1. The second-order valence-electron chi connectivity index (χ2n) is 5.28. The van der Waals surface area contributed by atoms with Crippen LogP contribution in [0.25, 0.3) is 0 Å². The van der Waals surface area contributed by atoms with Gasteiger partial charge in [0.15, 0.2) is 0 Å². The predicted octanol–water partition coefficient (Wildman–Crippen LogP) is 2.06. The number of amides is 2. The van der Waals surface area contributed by atoms with E-state index in [1.54, 1.807) is 18.1 Å². The molecule has 1 aromatic heterocycles. The summed E-state index contributed by atoms with van der Waals surface area (Å²) in [4.78, 5) is 25.9. The molecule has 0 saturated carbocycles. The van der Waals surface area contributed by atoms with Crippen molar-refractivity contribution < 1.29 is 18.7 Å². The van der Waals surface area contributed by atoms with Crippen molar-refractivity contribution in [2.24, 2.45) is 0 Å². The summed E-state index contributed by atoms with van der Waals surface area (Å²) in [7, 11) is 1.63. The van der Waals surface area contributed by atoms with Crippen LogP contribution in [0.2, 0.25) is 0 Å². The van der Waals surface area contributed by atoms with Crippen molar-refractivity contribution in [1.82, 2.24) is 10.2 Å². The van der Waals surface area contributed by atoms with Crippen LogP contribution in [0.3, 0.4) is 0 Å². The van der Waals surface area contributed by atoms with Crippen molar-refractivity contribution in [3.63, 3.8) is 0 Å². The van der Waals surface area contributed by atoms with E-state index in [2.05, 4.69) is 5.32 Å². The summed E-state index contributed by atoms with van der Waals surface area (Å²) in [6, 6.07) is 1.78. The van der Waals surface area contributed by atoms with Gasteiger partial charge in [0.05, 0.1) is 11.8 Å². The van der Waals surface area contributed by atoms with Crippen molar-refractivity contribution >= 4 is 11.8 Å². The fourth-order valence-electron chi connectivity index (χ4n) is 1.97. The van der Waals surface area contributed by atoms with Crippen molar-refractivity contribution in [1.29, 1.82) is 0 Å². The van der Waals surface area contributed by atoms with Gasteiger partial charge >= 0.3 is 0 Å². The van der Waals surface area contributed by atoms with E-state index in [1.807, 2.05) is 13.8 Å².